The lowest BCUT2D eigenvalue weighted by molar-refractivity contribution is -0.146. The van der Waals surface area contributed by atoms with E-state index < -0.39 is 6.04 Å². The third-order valence-electron chi connectivity index (χ3n) is 7.34. The molecule has 2 fully saturated rings. The number of hydrogen-bond donors (Lipinski definition) is 2. The van der Waals surface area contributed by atoms with E-state index in [1.54, 1.807) is 24.1 Å². The lowest BCUT2D eigenvalue weighted by Crippen LogP contribution is -2.60. The van der Waals surface area contributed by atoms with Crippen LogP contribution >= 0.6 is 34.8 Å². The van der Waals surface area contributed by atoms with Crippen LogP contribution in [0.2, 0.25) is 15.1 Å². The highest BCUT2D eigenvalue weighted by atomic mass is 35.5. The van der Waals surface area contributed by atoms with Crippen LogP contribution in [0, 0.1) is 0 Å². The number of carbonyl (C=O) groups is 2. The molecular weight excluding hydrogens is 561 g/mol. The molecule has 212 valence electrons. The second-order valence-electron chi connectivity index (χ2n) is 9.98. The number of methoxy groups -OCH3 is 1. The van der Waals surface area contributed by atoms with Crippen LogP contribution < -0.4 is 15.5 Å². The van der Waals surface area contributed by atoms with Gasteiger partial charge in [0.2, 0.25) is 11.8 Å². The third kappa shape index (κ3) is 7.78. The molecule has 2 aliphatic heterocycles. The minimum Gasteiger partial charge on any atom is -0.380 e. The smallest absolute Gasteiger partial charge is 0.245 e. The molecule has 4 rings (SSSR count). The van der Waals surface area contributed by atoms with Crippen molar-refractivity contribution in [2.45, 2.75) is 32.0 Å². The summed E-state index contributed by atoms with van der Waals surface area (Å²) in [6, 6.07) is 10.6. The van der Waals surface area contributed by atoms with Crippen molar-refractivity contribution in [2.24, 2.45) is 0 Å². The predicted molar refractivity (Wildman–Crippen MR) is 157 cm³/mol. The highest BCUT2D eigenvalue weighted by Gasteiger charge is 2.36. The number of halogens is 3. The highest BCUT2D eigenvalue weighted by Crippen LogP contribution is 2.27. The molecule has 0 aliphatic carbocycles. The normalized spacial score (nSPS) is 17.9. The lowest BCUT2D eigenvalue weighted by Gasteiger charge is -2.41. The zero-order chi connectivity index (χ0) is 27.9. The number of ether oxygens (including phenoxy) is 1. The first-order valence-electron chi connectivity index (χ1n) is 13.3. The summed E-state index contributed by atoms with van der Waals surface area (Å²) in [5.41, 5.74) is 3.00. The minimum absolute atomic E-state index is 0.0533. The Balaban J connectivity index is 1.46. The van der Waals surface area contributed by atoms with Gasteiger partial charge in [-0.15, -0.1) is 0 Å². The van der Waals surface area contributed by atoms with Gasteiger partial charge < -0.3 is 30.1 Å². The number of amides is 2. The molecule has 0 saturated carbocycles. The Morgan fingerprint density at radius 1 is 1.03 bits per heavy atom. The standard InChI is InChI=1S/C28H36Cl3N5O3/c1-19(39-2)16-33-17-21-13-22(29)5-6-25(21)34-9-11-35(12-10-34)28(38)26(36-8-7-32-18-27(36)37)14-20-3-4-23(30)15-24(20)31/h3-6,13,15,19,26,32-33H,7-12,14,16-18H2,1-2H3. The Bertz CT molecular complexity index is 1160. The number of piperazine rings is 2. The van der Waals surface area contributed by atoms with E-state index in [1.165, 1.54) is 0 Å². The van der Waals surface area contributed by atoms with Crippen molar-refractivity contribution < 1.29 is 14.3 Å². The maximum absolute atomic E-state index is 13.9. The van der Waals surface area contributed by atoms with Gasteiger partial charge >= 0.3 is 0 Å². The van der Waals surface area contributed by atoms with E-state index in [1.807, 2.05) is 36.1 Å². The van der Waals surface area contributed by atoms with Crippen molar-refractivity contribution >= 4 is 52.3 Å². The topological polar surface area (TPSA) is 77.2 Å². The van der Waals surface area contributed by atoms with E-state index >= 15 is 0 Å². The molecule has 0 spiro atoms. The molecule has 2 unspecified atom stereocenters. The quantitative estimate of drug-likeness (QED) is 0.438. The fourth-order valence-corrected chi connectivity index (χ4v) is 5.73. The van der Waals surface area contributed by atoms with Gasteiger partial charge in [-0.1, -0.05) is 40.9 Å². The molecule has 2 aromatic rings. The van der Waals surface area contributed by atoms with E-state index in [9.17, 15) is 9.59 Å². The van der Waals surface area contributed by atoms with Gasteiger partial charge in [-0.3, -0.25) is 9.59 Å². The van der Waals surface area contributed by atoms with Gasteiger partial charge in [-0.05, 0) is 48.4 Å². The SMILES string of the molecule is COC(C)CNCc1cc(Cl)ccc1N1CCN(C(=O)C(Cc2ccc(Cl)cc2Cl)N2CCNCC2=O)CC1. The summed E-state index contributed by atoms with van der Waals surface area (Å²) in [4.78, 5) is 32.6. The number of rotatable bonds is 10. The van der Waals surface area contributed by atoms with Gasteiger partial charge in [0.25, 0.3) is 0 Å². The fraction of sp³-hybridized carbons (Fsp3) is 0.500. The molecule has 2 amide bonds. The predicted octanol–water partition coefficient (Wildman–Crippen LogP) is 3.46. The molecule has 2 aromatic carbocycles. The Morgan fingerprint density at radius 2 is 1.74 bits per heavy atom. The maximum Gasteiger partial charge on any atom is 0.245 e. The first-order chi connectivity index (χ1) is 18.8. The maximum atomic E-state index is 13.9. The summed E-state index contributed by atoms with van der Waals surface area (Å²) in [5.74, 6) is -0.133. The number of nitrogens with zero attached hydrogens (tertiary/aromatic N) is 3. The summed E-state index contributed by atoms with van der Waals surface area (Å²) in [5, 5.41) is 8.24. The van der Waals surface area contributed by atoms with Gasteiger partial charge in [-0.25, -0.2) is 0 Å². The molecular formula is C28H36Cl3N5O3. The fourth-order valence-electron chi connectivity index (χ4n) is 5.05. The zero-order valence-corrected chi connectivity index (χ0v) is 24.7. The Kier molecular flexibility index (Phi) is 10.7. The van der Waals surface area contributed by atoms with Crippen molar-refractivity contribution in [3.63, 3.8) is 0 Å². The molecule has 0 bridgehead atoms. The molecule has 2 saturated heterocycles. The van der Waals surface area contributed by atoms with Crippen molar-refractivity contribution in [3.8, 4) is 0 Å². The first kappa shape index (κ1) is 29.9. The van der Waals surface area contributed by atoms with Gasteiger partial charge in [-0.2, -0.15) is 0 Å². The Labute approximate surface area is 245 Å². The van der Waals surface area contributed by atoms with Crippen molar-refractivity contribution in [3.05, 3.63) is 62.6 Å². The molecule has 8 nitrogen and oxygen atoms in total. The van der Waals surface area contributed by atoms with Crippen molar-refractivity contribution in [1.82, 2.24) is 20.4 Å². The Hall–Kier alpha value is -2.07. The van der Waals surface area contributed by atoms with Gasteiger partial charge in [0, 0.05) is 86.6 Å². The number of benzene rings is 2. The van der Waals surface area contributed by atoms with E-state index in [0.29, 0.717) is 67.3 Å². The molecule has 2 heterocycles. The van der Waals surface area contributed by atoms with Crippen LogP contribution in [0.15, 0.2) is 36.4 Å². The van der Waals surface area contributed by atoms with E-state index in [4.69, 9.17) is 39.5 Å². The van der Waals surface area contributed by atoms with Gasteiger partial charge in [0.1, 0.15) is 6.04 Å². The second-order valence-corrected chi connectivity index (χ2v) is 11.3. The average molecular weight is 597 g/mol. The van der Waals surface area contributed by atoms with Crippen molar-refractivity contribution in [1.29, 1.82) is 0 Å². The molecule has 2 N–H and O–H groups in total. The molecule has 39 heavy (non-hydrogen) atoms. The van der Waals surface area contributed by atoms with E-state index in [2.05, 4.69) is 15.5 Å². The zero-order valence-electron chi connectivity index (χ0n) is 22.4. The van der Waals surface area contributed by atoms with E-state index in [-0.39, 0.29) is 24.5 Å². The van der Waals surface area contributed by atoms with Crippen molar-refractivity contribution in [2.75, 3.05) is 64.4 Å². The van der Waals surface area contributed by atoms with Gasteiger partial charge in [0.15, 0.2) is 0 Å². The van der Waals surface area contributed by atoms with Crippen LogP contribution in [-0.2, 0) is 27.3 Å². The van der Waals surface area contributed by atoms with Crippen LogP contribution in [0.5, 0.6) is 0 Å². The minimum atomic E-state index is -0.622. The lowest BCUT2D eigenvalue weighted by atomic mass is 10.0. The molecule has 2 aliphatic rings. The number of anilines is 1. The largest absolute Gasteiger partial charge is 0.380 e. The van der Waals surface area contributed by atoms with E-state index in [0.717, 1.165) is 23.4 Å². The number of nitrogens with one attached hydrogen (secondary N) is 2. The highest BCUT2D eigenvalue weighted by molar-refractivity contribution is 6.35. The Morgan fingerprint density at radius 3 is 2.44 bits per heavy atom. The summed E-state index contributed by atoms with van der Waals surface area (Å²) in [7, 11) is 1.70. The number of carbonyl (C=O) groups excluding carboxylic acids is 2. The third-order valence-corrected chi connectivity index (χ3v) is 8.16. The van der Waals surface area contributed by atoms with Crippen LogP contribution in [0.1, 0.15) is 18.1 Å². The molecule has 11 heteroatoms. The second kappa shape index (κ2) is 14.0. The van der Waals surface area contributed by atoms with Crippen LogP contribution in [0.25, 0.3) is 0 Å². The van der Waals surface area contributed by atoms with Crippen LogP contribution in [0.3, 0.4) is 0 Å². The van der Waals surface area contributed by atoms with Crippen LogP contribution in [-0.4, -0.2) is 93.2 Å². The van der Waals surface area contributed by atoms with Crippen LogP contribution in [0.4, 0.5) is 5.69 Å². The molecule has 0 radical (unpaired) electrons. The average Bonchev–Trinajstić information content (AvgIpc) is 2.93. The summed E-state index contributed by atoms with van der Waals surface area (Å²) in [6.45, 7) is 7.23. The molecule has 2 atom stereocenters. The first-order valence-corrected chi connectivity index (χ1v) is 14.4. The summed E-state index contributed by atoms with van der Waals surface area (Å²) < 4.78 is 5.33. The monoisotopic (exact) mass is 595 g/mol. The summed E-state index contributed by atoms with van der Waals surface area (Å²) >= 11 is 18.9. The summed E-state index contributed by atoms with van der Waals surface area (Å²) in [6.07, 6.45) is 0.452. The van der Waals surface area contributed by atoms with Gasteiger partial charge in [0.05, 0.1) is 12.6 Å². The number of hydrogen-bond acceptors (Lipinski definition) is 6. The molecule has 0 aromatic heterocycles.